The molecule has 0 N–H and O–H groups in total. The number of rotatable bonds is 5. The largest absolute Gasteiger partial charge is 0.0991 e. The van der Waals surface area contributed by atoms with Crippen molar-refractivity contribution < 1.29 is 0 Å². The van der Waals surface area contributed by atoms with E-state index in [9.17, 15) is 0 Å². The van der Waals surface area contributed by atoms with Gasteiger partial charge in [-0.25, -0.2) is 0 Å². The van der Waals surface area contributed by atoms with Gasteiger partial charge in [0.15, 0.2) is 0 Å². The summed E-state index contributed by atoms with van der Waals surface area (Å²) in [6.07, 6.45) is 9.70. The van der Waals surface area contributed by atoms with Gasteiger partial charge in [0.25, 0.3) is 0 Å². The third-order valence-corrected chi connectivity index (χ3v) is 1.98. The third-order valence-electron chi connectivity index (χ3n) is 1.98. The fraction of sp³-hybridized carbons (Fsp3) is 0.500. The van der Waals surface area contributed by atoms with Crippen molar-refractivity contribution in [2.45, 2.75) is 40.0 Å². The van der Waals surface area contributed by atoms with Crippen LogP contribution in [0.1, 0.15) is 40.0 Å². The zero-order valence-electron chi connectivity index (χ0n) is 8.56. The molecule has 0 saturated heterocycles. The Kier molecular flexibility index (Phi) is 6.45. The minimum Gasteiger partial charge on any atom is -0.0991 e. The van der Waals surface area contributed by atoms with Crippen LogP contribution in [0.15, 0.2) is 36.0 Å². The first-order chi connectivity index (χ1) is 5.79. The van der Waals surface area contributed by atoms with Gasteiger partial charge in [-0.1, -0.05) is 45.1 Å². The van der Waals surface area contributed by atoms with E-state index in [2.05, 4.69) is 39.5 Å². The zero-order valence-corrected chi connectivity index (χ0v) is 8.56. The zero-order chi connectivity index (χ0) is 9.40. The van der Waals surface area contributed by atoms with Gasteiger partial charge in [-0.05, 0) is 30.9 Å². The monoisotopic (exact) mass is 164 g/mol. The molecule has 0 amide bonds. The van der Waals surface area contributed by atoms with E-state index in [0.29, 0.717) is 0 Å². The average molecular weight is 164 g/mol. The summed E-state index contributed by atoms with van der Waals surface area (Å²) in [5.74, 6) is 0. The van der Waals surface area contributed by atoms with Gasteiger partial charge in [-0.3, -0.25) is 0 Å². The summed E-state index contributed by atoms with van der Waals surface area (Å²) in [5, 5.41) is 0. The second-order valence-electron chi connectivity index (χ2n) is 2.85. The summed E-state index contributed by atoms with van der Waals surface area (Å²) >= 11 is 0. The number of allylic oxidation sites excluding steroid dienone is 5. The molecule has 12 heavy (non-hydrogen) atoms. The molecule has 0 aliphatic carbocycles. The molecule has 0 unspecified atom stereocenters. The highest BCUT2D eigenvalue weighted by Gasteiger charge is 1.98. The molecular formula is C12H20. The van der Waals surface area contributed by atoms with Crippen LogP contribution in [0.3, 0.4) is 0 Å². The molecule has 0 aromatic carbocycles. The Labute approximate surface area is 76.7 Å². The van der Waals surface area contributed by atoms with E-state index in [4.69, 9.17) is 0 Å². The third kappa shape index (κ3) is 3.56. The van der Waals surface area contributed by atoms with E-state index in [1.54, 1.807) is 0 Å². The molecule has 0 rings (SSSR count). The summed E-state index contributed by atoms with van der Waals surface area (Å²) in [6, 6.07) is 0. The lowest BCUT2D eigenvalue weighted by molar-refractivity contribution is 0.891. The molecule has 0 aromatic heterocycles. The van der Waals surface area contributed by atoms with E-state index in [1.807, 2.05) is 6.08 Å². The van der Waals surface area contributed by atoms with Gasteiger partial charge in [0.05, 0.1) is 0 Å². The average Bonchev–Trinajstić information content (AvgIpc) is 2.11. The molecule has 0 heteroatoms. The Morgan fingerprint density at radius 3 is 2.25 bits per heavy atom. The van der Waals surface area contributed by atoms with E-state index in [0.717, 1.165) is 6.42 Å². The van der Waals surface area contributed by atoms with Gasteiger partial charge in [0.1, 0.15) is 0 Å². The van der Waals surface area contributed by atoms with Crippen LogP contribution in [0, 0.1) is 0 Å². The fourth-order valence-corrected chi connectivity index (χ4v) is 1.35. The summed E-state index contributed by atoms with van der Waals surface area (Å²) in [5.41, 5.74) is 2.90. The predicted molar refractivity (Wildman–Crippen MR) is 57.2 cm³/mol. The maximum Gasteiger partial charge on any atom is -0.0282 e. The molecule has 0 nitrogen and oxygen atoms in total. The molecule has 0 heterocycles. The first-order valence-electron chi connectivity index (χ1n) is 4.77. The molecule has 0 atom stereocenters. The summed E-state index contributed by atoms with van der Waals surface area (Å²) in [6.45, 7) is 10.2. The van der Waals surface area contributed by atoms with Gasteiger partial charge in [0, 0.05) is 0 Å². The molecular weight excluding hydrogens is 144 g/mol. The van der Waals surface area contributed by atoms with Crippen LogP contribution < -0.4 is 0 Å². The van der Waals surface area contributed by atoms with E-state index in [1.165, 1.54) is 24.0 Å². The second kappa shape index (κ2) is 6.90. The number of hydrogen-bond acceptors (Lipinski definition) is 0. The molecule has 0 fully saturated rings. The lowest BCUT2D eigenvalue weighted by Gasteiger charge is -2.07. The first-order valence-corrected chi connectivity index (χ1v) is 4.77. The Balaban J connectivity index is 4.45. The molecule has 0 radical (unpaired) electrons. The lowest BCUT2D eigenvalue weighted by atomic mass is 9.99. The van der Waals surface area contributed by atoms with Crippen LogP contribution >= 0.6 is 0 Å². The SMILES string of the molecule is C=C/C=C(CC)\C(=C/C)CCC. The highest BCUT2D eigenvalue weighted by molar-refractivity contribution is 5.32. The number of hydrogen-bond donors (Lipinski definition) is 0. The van der Waals surface area contributed by atoms with Crippen molar-refractivity contribution in [2.75, 3.05) is 0 Å². The summed E-state index contributed by atoms with van der Waals surface area (Å²) < 4.78 is 0. The van der Waals surface area contributed by atoms with Gasteiger partial charge < -0.3 is 0 Å². The summed E-state index contributed by atoms with van der Waals surface area (Å²) in [7, 11) is 0. The normalized spacial score (nSPS) is 13.2. The Morgan fingerprint density at radius 2 is 1.92 bits per heavy atom. The van der Waals surface area contributed by atoms with E-state index in [-0.39, 0.29) is 0 Å². The van der Waals surface area contributed by atoms with Crippen LogP contribution in [-0.4, -0.2) is 0 Å². The van der Waals surface area contributed by atoms with Crippen LogP contribution in [0.5, 0.6) is 0 Å². The molecule has 0 aliphatic heterocycles. The smallest absolute Gasteiger partial charge is 0.0282 e. The van der Waals surface area contributed by atoms with Gasteiger partial charge >= 0.3 is 0 Å². The highest BCUT2D eigenvalue weighted by atomic mass is 14.0. The van der Waals surface area contributed by atoms with Crippen molar-refractivity contribution in [1.82, 2.24) is 0 Å². The van der Waals surface area contributed by atoms with Crippen molar-refractivity contribution in [3.8, 4) is 0 Å². The van der Waals surface area contributed by atoms with Gasteiger partial charge in [-0.2, -0.15) is 0 Å². The maximum absolute atomic E-state index is 3.72. The van der Waals surface area contributed by atoms with Gasteiger partial charge in [-0.15, -0.1) is 0 Å². The lowest BCUT2D eigenvalue weighted by Crippen LogP contribution is -1.87. The first kappa shape index (κ1) is 11.2. The standard InChI is InChI=1S/C12H20/c1-5-9-11(7-3)12(8-4)10-6-2/h5,8-9H,1,6-7,10H2,2-4H3/b11-9-,12-8-. The highest BCUT2D eigenvalue weighted by Crippen LogP contribution is 2.18. The van der Waals surface area contributed by atoms with E-state index >= 15 is 0 Å². The van der Waals surface area contributed by atoms with Crippen molar-refractivity contribution in [2.24, 2.45) is 0 Å². The van der Waals surface area contributed by atoms with E-state index < -0.39 is 0 Å². The molecule has 0 aliphatic rings. The molecule has 0 bridgehead atoms. The van der Waals surface area contributed by atoms with Crippen LogP contribution in [0.25, 0.3) is 0 Å². The maximum atomic E-state index is 3.72. The van der Waals surface area contributed by atoms with Crippen molar-refractivity contribution >= 4 is 0 Å². The second-order valence-corrected chi connectivity index (χ2v) is 2.85. The van der Waals surface area contributed by atoms with Crippen LogP contribution in [-0.2, 0) is 0 Å². The molecule has 0 aromatic rings. The van der Waals surface area contributed by atoms with Crippen molar-refractivity contribution in [3.05, 3.63) is 36.0 Å². The van der Waals surface area contributed by atoms with Crippen molar-refractivity contribution in [3.63, 3.8) is 0 Å². The Hall–Kier alpha value is -0.780. The van der Waals surface area contributed by atoms with Gasteiger partial charge in [0.2, 0.25) is 0 Å². The topological polar surface area (TPSA) is 0 Å². The van der Waals surface area contributed by atoms with Crippen molar-refractivity contribution in [1.29, 1.82) is 0 Å². The van der Waals surface area contributed by atoms with Crippen LogP contribution in [0.4, 0.5) is 0 Å². The van der Waals surface area contributed by atoms with Crippen LogP contribution in [0.2, 0.25) is 0 Å². The predicted octanol–water partition coefficient (Wildman–Crippen LogP) is 4.26. The minimum atomic E-state index is 1.10. The quantitative estimate of drug-likeness (QED) is 0.533. The molecule has 0 saturated carbocycles. The fourth-order valence-electron chi connectivity index (χ4n) is 1.35. The Bertz CT molecular complexity index is 182. The molecule has 0 spiro atoms. The molecule has 68 valence electrons. The summed E-state index contributed by atoms with van der Waals surface area (Å²) in [4.78, 5) is 0. The Morgan fingerprint density at radius 1 is 1.25 bits per heavy atom. The minimum absolute atomic E-state index is 1.10.